The Bertz CT molecular complexity index is 453. The van der Waals surface area contributed by atoms with Crippen LogP contribution < -0.4 is 5.32 Å². The quantitative estimate of drug-likeness (QED) is 0.918. The Morgan fingerprint density at radius 1 is 1.35 bits per heavy atom. The van der Waals surface area contributed by atoms with Crippen LogP contribution in [-0.2, 0) is 6.54 Å². The van der Waals surface area contributed by atoms with E-state index in [1.807, 2.05) is 23.1 Å². The highest BCUT2D eigenvalue weighted by atomic mass is 79.9. The predicted octanol–water partition coefficient (Wildman–Crippen LogP) is 3.00. The lowest BCUT2D eigenvalue weighted by molar-refractivity contribution is 0.453. The third kappa shape index (κ3) is 3.68. The molecule has 0 amide bonds. The first-order chi connectivity index (χ1) is 8.25. The van der Waals surface area contributed by atoms with Gasteiger partial charge in [0.25, 0.3) is 0 Å². The fourth-order valence-corrected chi connectivity index (χ4v) is 1.97. The summed E-state index contributed by atoms with van der Waals surface area (Å²) in [5.41, 5.74) is 1.31. The zero-order valence-electron chi connectivity index (χ0n) is 9.81. The van der Waals surface area contributed by atoms with Gasteiger partial charge in [-0.15, -0.1) is 0 Å². The molecule has 90 valence electrons. The molecule has 17 heavy (non-hydrogen) atoms. The molecule has 2 aromatic rings. The molecule has 1 atom stereocenters. The largest absolute Gasteiger partial charge is 0.311 e. The minimum Gasteiger partial charge on any atom is -0.311 e. The molecule has 0 saturated carbocycles. The first-order valence-electron chi connectivity index (χ1n) is 5.70. The number of halogens is 1. The van der Waals surface area contributed by atoms with Gasteiger partial charge in [-0.05, 0) is 28.4 Å². The molecule has 0 aliphatic rings. The lowest BCUT2D eigenvalue weighted by Gasteiger charge is -2.13. The van der Waals surface area contributed by atoms with Crippen LogP contribution in [0.3, 0.4) is 0 Å². The molecule has 0 aliphatic heterocycles. The van der Waals surface area contributed by atoms with Gasteiger partial charge >= 0.3 is 0 Å². The Morgan fingerprint density at radius 3 is 2.76 bits per heavy atom. The molecule has 1 unspecified atom stereocenters. The van der Waals surface area contributed by atoms with Gasteiger partial charge in [0.1, 0.15) is 0 Å². The third-order valence-electron chi connectivity index (χ3n) is 2.63. The van der Waals surface area contributed by atoms with Crippen molar-refractivity contribution in [1.29, 1.82) is 0 Å². The number of benzene rings is 1. The van der Waals surface area contributed by atoms with Crippen LogP contribution in [0.1, 0.15) is 18.5 Å². The summed E-state index contributed by atoms with van der Waals surface area (Å²) < 4.78 is 2.98. The Labute approximate surface area is 110 Å². The molecule has 2 rings (SSSR count). The van der Waals surface area contributed by atoms with Crippen molar-refractivity contribution < 1.29 is 0 Å². The van der Waals surface area contributed by atoms with Crippen molar-refractivity contribution >= 4 is 15.9 Å². The maximum atomic E-state index is 4.27. The van der Waals surface area contributed by atoms with Crippen molar-refractivity contribution in [2.24, 2.45) is 0 Å². The molecule has 0 saturated heterocycles. The minimum atomic E-state index is 0.352. The van der Waals surface area contributed by atoms with Crippen molar-refractivity contribution in [3.8, 4) is 0 Å². The molecular weight excluding hydrogens is 278 g/mol. The fourth-order valence-electron chi connectivity index (χ4n) is 1.67. The molecule has 0 spiro atoms. The van der Waals surface area contributed by atoms with Crippen LogP contribution in [0.25, 0.3) is 0 Å². The van der Waals surface area contributed by atoms with Gasteiger partial charge in [0.2, 0.25) is 0 Å². The van der Waals surface area contributed by atoms with E-state index in [-0.39, 0.29) is 0 Å². The predicted molar refractivity (Wildman–Crippen MR) is 72.8 cm³/mol. The maximum Gasteiger partial charge on any atom is 0.0632 e. The van der Waals surface area contributed by atoms with Gasteiger partial charge in [-0.3, -0.25) is 4.68 Å². The number of rotatable bonds is 5. The number of hydrogen-bond donors (Lipinski definition) is 1. The number of aromatic nitrogens is 2. The van der Waals surface area contributed by atoms with Gasteiger partial charge < -0.3 is 5.32 Å². The van der Waals surface area contributed by atoms with E-state index in [1.165, 1.54) is 5.56 Å². The van der Waals surface area contributed by atoms with E-state index in [0.717, 1.165) is 17.6 Å². The minimum absolute atomic E-state index is 0.352. The molecule has 0 bridgehead atoms. The highest BCUT2D eigenvalue weighted by molar-refractivity contribution is 9.10. The van der Waals surface area contributed by atoms with Gasteiger partial charge in [0, 0.05) is 19.3 Å². The molecule has 1 aromatic heterocycles. The summed E-state index contributed by atoms with van der Waals surface area (Å²) in [7, 11) is 0. The zero-order chi connectivity index (χ0) is 12.1. The Kier molecular flexibility index (Phi) is 4.34. The van der Waals surface area contributed by atoms with E-state index < -0.39 is 0 Å². The standard InChI is InChI=1S/C13H16BrN3/c1-11(17-10-13(14)9-16-17)7-15-8-12-5-3-2-4-6-12/h2-6,9-11,15H,7-8H2,1H3. The van der Waals surface area contributed by atoms with Crippen LogP contribution >= 0.6 is 15.9 Å². The van der Waals surface area contributed by atoms with E-state index in [1.54, 1.807) is 0 Å². The van der Waals surface area contributed by atoms with Crippen molar-refractivity contribution in [2.45, 2.75) is 19.5 Å². The molecule has 0 aliphatic carbocycles. The van der Waals surface area contributed by atoms with Crippen LogP contribution in [0, 0.1) is 0 Å². The number of nitrogens with zero attached hydrogens (tertiary/aromatic N) is 2. The molecular formula is C13H16BrN3. The van der Waals surface area contributed by atoms with E-state index in [4.69, 9.17) is 0 Å². The van der Waals surface area contributed by atoms with Crippen molar-refractivity contribution in [1.82, 2.24) is 15.1 Å². The lowest BCUT2D eigenvalue weighted by Crippen LogP contribution is -2.23. The smallest absolute Gasteiger partial charge is 0.0632 e. The molecule has 3 nitrogen and oxygen atoms in total. The van der Waals surface area contributed by atoms with Gasteiger partial charge in [-0.1, -0.05) is 30.3 Å². The number of hydrogen-bond acceptors (Lipinski definition) is 2. The summed E-state index contributed by atoms with van der Waals surface area (Å²) in [4.78, 5) is 0. The van der Waals surface area contributed by atoms with E-state index in [0.29, 0.717) is 6.04 Å². The van der Waals surface area contributed by atoms with Crippen molar-refractivity contribution in [3.05, 3.63) is 52.8 Å². The van der Waals surface area contributed by atoms with Gasteiger partial charge in [-0.25, -0.2) is 0 Å². The summed E-state index contributed by atoms with van der Waals surface area (Å²) in [6.45, 7) is 3.95. The Morgan fingerprint density at radius 2 is 2.12 bits per heavy atom. The molecule has 1 aromatic carbocycles. The van der Waals surface area contributed by atoms with Crippen LogP contribution in [-0.4, -0.2) is 16.3 Å². The highest BCUT2D eigenvalue weighted by Crippen LogP contribution is 2.10. The van der Waals surface area contributed by atoms with E-state index in [9.17, 15) is 0 Å². The Hall–Kier alpha value is -1.13. The maximum absolute atomic E-state index is 4.27. The zero-order valence-corrected chi connectivity index (χ0v) is 11.4. The second kappa shape index (κ2) is 5.98. The molecule has 0 fully saturated rings. The monoisotopic (exact) mass is 293 g/mol. The lowest BCUT2D eigenvalue weighted by atomic mass is 10.2. The van der Waals surface area contributed by atoms with Crippen molar-refractivity contribution in [3.63, 3.8) is 0 Å². The summed E-state index contributed by atoms with van der Waals surface area (Å²) in [5, 5.41) is 7.70. The van der Waals surface area contributed by atoms with Gasteiger partial charge in [0.05, 0.1) is 16.7 Å². The topological polar surface area (TPSA) is 29.9 Å². The van der Waals surface area contributed by atoms with Crippen molar-refractivity contribution in [2.75, 3.05) is 6.54 Å². The second-order valence-electron chi connectivity index (χ2n) is 4.10. The van der Waals surface area contributed by atoms with Crippen LogP contribution in [0.4, 0.5) is 0 Å². The van der Waals surface area contributed by atoms with Gasteiger partial charge in [-0.2, -0.15) is 5.10 Å². The first kappa shape index (κ1) is 12.3. The van der Waals surface area contributed by atoms with Crippen LogP contribution in [0.5, 0.6) is 0 Å². The van der Waals surface area contributed by atoms with E-state index in [2.05, 4.69) is 57.5 Å². The molecule has 1 N–H and O–H groups in total. The normalized spacial score (nSPS) is 12.6. The average Bonchev–Trinajstić information content (AvgIpc) is 2.77. The fraction of sp³-hybridized carbons (Fsp3) is 0.308. The molecule has 1 heterocycles. The SMILES string of the molecule is CC(CNCc1ccccc1)n1cc(Br)cn1. The van der Waals surface area contributed by atoms with Gasteiger partial charge in [0.15, 0.2) is 0 Å². The average molecular weight is 294 g/mol. The molecule has 0 radical (unpaired) electrons. The van der Waals surface area contributed by atoms with E-state index >= 15 is 0 Å². The summed E-state index contributed by atoms with van der Waals surface area (Å²) >= 11 is 3.40. The Balaban J connectivity index is 1.79. The third-order valence-corrected chi connectivity index (χ3v) is 3.04. The highest BCUT2D eigenvalue weighted by Gasteiger charge is 2.05. The van der Waals surface area contributed by atoms with Crippen LogP contribution in [0.2, 0.25) is 0 Å². The summed E-state index contributed by atoms with van der Waals surface area (Å²) in [6.07, 6.45) is 3.81. The second-order valence-corrected chi connectivity index (χ2v) is 5.02. The molecule has 4 heteroatoms. The van der Waals surface area contributed by atoms with Crippen LogP contribution in [0.15, 0.2) is 47.2 Å². The first-order valence-corrected chi connectivity index (χ1v) is 6.49. The summed E-state index contributed by atoms with van der Waals surface area (Å²) in [5.74, 6) is 0. The summed E-state index contributed by atoms with van der Waals surface area (Å²) in [6, 6.07) is 10.8. The number of nitrogens with one attached hydrogen (secondary N) is 1.